The van der Waals surface area contributed by atoms with Crippen LogP contribution in [0.5, 0.6) is 0 Å². The van der Waals surface area contributed by atoms with Crippen LogP contribution in [0.1, 0.15) is 12.0 Å². The Morgan fingerprint density at radius 3 is 2.77 bits per heavy atom. The predicted octanol–water partition coefficient (Wildman–Crippen LogP) is -0.0224. The zero-order valence-corrected chi connectivity index (χ0v) is 13.5. The molecule has 2 aliphatic heterocycles. The van der Waals surface area contributed by atoms with E-state index in [9.17, 15) is 5.11 Å². The molecule has 0 radical (unpaired) electrons. The number of rotatable bonds is 6. The van der Waals surface area contributed by atoms with Crippen molar-refractivity contribution >= 4 is 0 Å². The molecule has 0 aliphatic carbocycles. The largest absolute Gasteiger partial charge is 0.390 e. The highest BCUT2D eigenvalue weighted by molar-refractivity contribution is 5.05. The van der Waals surface area contributed by atoms with Gasteiger partial charge in [0.05, 0.1) is 25.5 Å². The van der Waals surface area contributed by atoms with Crippen molar-refractivity contribution in [1.29, 1.82) is 0 Å². The van der Waals surface area contributed by atoms with Crippen molar-refractivity contribution in [2.75, 3.05) is 52.5 Å². The van der Waals surface area contributed by atoms with Crippen molar-refractivity contribution < 1.29 is 9.84 Å². The summed E-state index contributed by atoms with van der Waals surface area (Å²) in [6.45, 7) is 7.24. The Morgan fingerprint density at radius 2 is 2.05 bits per heavy atom. The molecule has 6 heteroatoms. The van der Waals surface area contributed by atoms with Crippen LogP contribution in [0.25, 0.3) is 0 Å². The number of β-amino-alcohol motifs (C(OH)–C–C–N with tert-alkyl or cyclic N) is 1. The predicted molar refractivity (Wildman–Crippen MR) is 84.7 cm³/mol. The van der Waals surface area contributed by atoms with E-state index in [1.165, 1.54) is 12.0 Å². The van der Waals surface area contributed by atoms with Gasteiger partial charge in [-0.15, -0.1) is 0 Å². The summed E-state index contributed by atoms with van der Waals surface area (Å²) in [5.74, 6) is 0.694. The van der Waals surface area contributed by atoms with Gasteiger partial charge in [0.2, 0.25) is 0 Å². The zero-order chi connectivity index (χ0) is 15.4. The van der Waals surface area contributed by atoms with E-state index in [0.717, 1.165) is 58.9 Å². The number of nitrogens with zero attached hydrogens (tertiary/aromatic N) is 4. The van der Waals surface area contributed by atoms with E-state index in [0.29, 0.717) is 5.92 Å². The molecule has 0 aromatic carbocycles. The van der Waals surface area contributed by atoms with Gasteiger partial charge < -0.3 is 14.7 Å². The lowest BCUT2D eigenvalue weighted by Crippen LogP contribution is -2.44. The van der Waals surface area contributed by atoms with E-state index in [-0.39, 0.29) is 6.10 Å². The van der Waals surface area contributed by atoms with Crippen LogP contribution in [0, 0.1) is 5.92 Å². The second-order valence-electron chi connectivity index (χ2n) is 6.71. The zero-order valence-electron chi connectivity index (χ0n) is 13.5. The molecule has 3 rings (SSSR count). The first-order valence-electron chi connectivity index (χ1n) is 8.37. The summed E-state index contributed by atoms with van der Waals surface area (Å²) in [4.78, 5) is 4.71. The molecular formula is C16H28N4O2. The smallest absolute Gasteiger partial charge is 0.0793 e. The molecule has 6 nitrogen and oxygen atoms in total. The Kier molecular flexibility index (Phi) is 5.46. The Balaban J connectivity index is 1.38. The fraction of sp³-hybridized carbons (Fsp3) is 0.812. The molecule has 2 saturated heterocycles. The molecule has 124 valence electrons. The van der Waals surface area contributed by atoms with E-state index in [1.807, 2.05) is 17.9 Å². The number of aliphatic hydroxyl groups is 1. The highest BCUT2D eigenvalue weighted by Crippen LogP contribution is 2.20. The SMILES string of the molecule is Cn1cc(CC2CCN(CC(O)CN3CCOCC3)C2)cn1. The molecule has 22 heavy (non-hydrogen) atoms. The number of hydrogen-bond acceptors (Lipinski definition) is 5. The van der Waals surface area contributed by atoms with Crippen molar-refractivity contribution in [3.8, 4) is 0 Å². The van der Waals surface area contributed by atoms with E-state index in [4.69, 9.17) is 4.74 Å². The molecular weight excluding hydrogens is 280 g/mol. The fourth-order valence-corrected chi connectivity index (χ4v) is 3.59. The van der Waals surface area contributed by atoms with Crippen molar-refractivity contribution in [2.24, 2.45) is 13.0 Å². The lowest BCUT2D eigenvalue weighted by Gasteiger charge is -2.30. The molecule has 1 N–H and O–H groups in total. The van der Waals surface area contributed by atoms with Crippen LogP contribution < -0.4 is 0 Å². The van der Waals surface area contributed by atoms with Gasteiger partial charge in [0.1, 0.15) is 0 Å². The monoisotopic (exact) mass is 308 g/mol. The Hall–Kier alpha value is -0.950. The minimum atomic E-state index is -0.254. The lowest BCUT2D eigenvalue weighted by molar-refractivity contribution is 0.00833. The number of morpholine rings is 1. The Labute approximate surface area is 132 Å². The van der Waals surface area contributed by atoms with Crippen LogP contribution >= 0.6 is 0 Å². The topological polar surface area (TPSA) is 53.8 Å². The third kappa shape index (κ3) is 4.52. The third-order valence-corrected chi connectivity index (χ3v) is 4.69. The molecule has 3 heterocycles. The van der Waals surface area contributed by atoms with E-state index in [2.05, 4.69) is 21.1 Å². The van der Waals surface area contributed by atoms with Gasteiger partial charge in [-0.1, -0.05) is 0 Å². The average Bonchev–Trinajstić information content (AvgIpc) is 3.09. The van der Waals surface area contributed by atoms with Crippen molar-refractivity contribution in [2.45, 2.75) is 18.9 Å². The minimum absolute atomic E-state index is 0.254. The number of hydrogen-bond donors (Lipinski definition) is 1. The molecule has 0 saturated carbocycles. The van der Waals surface area contributed by atoms with Gasteiger partial charge in [0, 0.05) is 46.0 Å². The summed E-state index contributed by atoms with van der Waals surface area (Å²) in [6, 6.07) is 0. The van der Waals surface area contributed by atoms with Crippen LogP contribution in [-0.4, -0.2) is 83.3 Å². The first kappa shape index (κ1) is 15.9. The molecule has 2 aliphatic rings. The van der Waals surface area contributed by atoms with Crippen molar-refractivity contribution in [3.05, 3.63) is 18.0 Å². The molecule has 2 unspecified atom stereocenters. The number of aryl methyl sites for hydroxylation is 1. The van der Waals surface area contributed by atoms with E-state index >= 15 is 0 Å². The van der Waals surface area contributed by atoms with E-state index in [1.54, 1.807) is 0 Å². The summed E-state index contributed by atoms with van der Waals surface area (Å²) in [6.07, 6.45) is 6.14. The number of likely N-dealkylation sites (tertiary alicyclic amines) is 1. The van der Waals surface area contributed by atoms with Crippen LogP contribution in [0.4, 0.5) is 0 Å². The van der Waals surface area contributed by atoms with Gasteiger partial charge in [0.15, 0.2) is 0 Å². The fourth-order valence-electron chi connectivity index (χ4n) is 3.59. The average molecular weight is 308 g/mol. The van der Waals surface area contributed by atoms with Crippen LogP contribution in [0.3, 0.4) is 0 Å². The number of aliphatic hydroxyl groups excluding tert-OH is 1. The number of ether oxygens (including phenoxy) is 1. The van der Waals surface area contributed by atoms with Crippen molar-refractivity contribution in [3.63, 3.8) is 0 Å². The Morgan fingerprint density at radius 1 is 1.27 bits per heavy atom. The maximum absolute atomic E-state index is 10.3. The minimum Gasteiger partial charge on any atom is -0.390 e. The first-order valence-corrected chi connectivity index (χ1v) is 8.37. The van der Waals surface area contributed by atoms with Gasteiger partial charge in [-0.2, -0.15) is 5.10 Å². The molecule has 2 fully saturated rings. The standard InChI is InChI=1S/C16H28N4O2/c1-18-10-15(9-17-18)8-14-2-3-20(11-14)13-16(21)12-19-4-6-22-7-5-19/h9-10,14,16,21H,2-8,11-13H2,1H3. The highest BCUT2D eigenvalue weighted by atomic mass is 16.5. The van der Waals surface area contributed by atoms with Gasteiger partial charge in [-0.3, -0.25) is 9.58 Å². The van der Waals surface area contributed by atoms with Crippen LogP contribution in [0.2, 0.25) is 0 Å². The highest BCUT2D eigenvalue weighted by Gasteiger charge is 2.25. The molecule has 1 aromatic rings. The molecule has 2 atom stereocenters. The molecule has 0 bridgehead atoms. The normalized spacial score (nSPS) is 25.6. The van der Waals surface area contributed by atoms with Gasteiger partial charge in [0.25, 0.3) is 0 Å². The van der Waals surface area contributed by atoms with Gasteiger partial charge in [-0.05, 0) is 30.9 Å². The van der Waals surface area contributed by atoms with Gasteiger partial charge in [-0.25, -0.2) is 0 Å². The lowest BCUT2D eigenvalue weighted by atomic mass is 10.0. The summed E-state index contributed by atoms with van der Waals surface area (Å²) in [5.41, 5.74) is 1.32. The maximum Gasteiger partial charge on any atom is 0.0793 e. The second-order valence-corrected chi connectivity index (χ2v) is 6.71. The number of aromatic nitrogens is 2. The quantitative estimate of drug-likeness (QED) is 0.800. The second kappa shape index (κ2) is 7.55. The first-order chi connectivity index (χ1) is 10.7. The molecule has 0 amide bonds. The van der Waals surface area contributed by atoms with Crippen LogP contribution in [0.15, 0.2) is 12.4 Å². The summed E-state index contributed by atoms with van der Waals surface area (Å²) in [7, 11) is 1.96. The van der Waals surface area contributed by atoms with Crippen LogP contribution in [-0.2, 0) is 18.2 Å². The molecule has 1 aromatic heterocycles. The third-order valence-electron chi connectivity index (χ3n) is 4.69. The van der Waals surface area contributed by atoms with Crippen molar-refractivity contribution in [1.82, 2.24) is 19.6 Å². The molecule has 0 spiro atoms. The summed E-state index contributed by atoms with van der Waals surface area (Å²) in [5, 5.41) is 14.5. The van der Waals surface area contributed by atoms with E-state index < -0.39 is 0 Å². The Bertz CT molecular complexity index is 459. The summed E-state index contributed by atoms with van der Waals surface area (Å²) < 4.78 is 7.22. The summed E-state index contributed by atoms with van der Waals surface area (Å²) >= 11 is 0. The van der Waals surface area contributed by atoms with Gasteiger partial charge >= 0.3 is 0 Å². The maximum atomic E-state index is 10.3.